The van der Waals surface area contributed by atoms with Gasteiger partial charge in [-0.05, 0) is 48.0 Å². The van der Waals surface area contributed by atoms with Crippen LogP contribution in [0.15, 0.2) is 54.6 Å². The standard InChI is InChI=1S/C20H23N3O2S/c1-14(2)12-18(24)23-20(26)22-17-10-8-16(9-11-17)21-19(25)13-15-6-4-3-5-7-15/h3-11,14H,12-13H2,1-2H3,(H,21,25)(H2,22,23,24,26). The Morgan fingerprint density at radius 3 is 2.04 bits per heavy atom. The molecule has 2 aromatic carbocycles. The number of hydrogen-bond donors (Lipinski definition) is 3. The van der Waals surface area contributed by atoms with Gasteiger partial charge in [-0.2, -0.15) is 0 Å². The zero-order valence-corrected chi connectivity index (χ0v) is 15.7. The molecule has 136 valence electrons. The first-order valence-corrected chi connectivity index (χ1v) is 8.88. The van der Waals surface area contributed by atoms with Crippen molar-refractivity contribution in [3.05, 3.63) is 60.2 Å². The molecular formula is C20H23N3O2S. The summed E-state index contributed by atoms with van der Waals surface area (Å²) in [5.41, 5.74) is 2.40. The van der Waals surface area contributed by atoms with E-state index in [0.717, 1.165) is 11.3 Å². The summed E-state index contributed by atoms with van der Waals surface area (Å²) in [6.45, 7) is 3.95. The Labute approximate surface area is 159 Å². The van der Waals surface area contributed by atoms with E-state index in [-0.39, 0.29) is 22.8 Å². The van der Waals surface area contributed by atoms with Gasteiger partial charge in [-0.15, -0.1) is 0 Å². The van der Waals surface area contributed by atoms with Crippen LogP contribution in [0.4, 0.5) is 11.4 Å². The van der Waals surface area contributed by atoms with Gasteiger partial charge in [0.1, 0.15) is 0 Å². The van der Waals surface area contributed by atoms with Crippen molar-refractivity contribution < 1.29 is 9.59 Å². The van der Waals surface area contributed by atoms with Crippen LogP contribution in [-0.2, 0) is 16.0 Å². The monoisotopic (exact) mass is 369 g/mol. The predicted octanol–water partition coefficient (Wildman–Crippen LogP) is 3.73. The van der Waals surface area contributed by atoms with Crippen LogP contribution in [0.2, 0.25) is 0 Å². The maximum Gasteiger partial charge on any atom is 0.228 e. The summed E-state index contributed by atoms with van der Waals surface area (Å²) in [4.78, 5) is 23.8. The Kier molecular flexibility index (Phi) is 7.29. The second-order valence-electron chi connectivity index (χ2n) is 6.39. The number of amides is 2. The topological polar surface area (TPSA) is 70.2 Å². The lowest BCUT2D eigenvalue weighted by Gasteiger charge is -2.11. The maximum absolute atomic E-state index is 12.1. The van der Waals surface area contributed by atoms with E-state index >= 15 is 0 Å². The van der Waals surface area contributed by atoms with Gasteiger partial charge in [-0.1, -0.05) is 44.2 Å². The van der Waals surface area contributed by atoms with Crippen molar-refractivity contribution in [3.63, 3.8) is 0 Å². The van der Waals surface area contributed by atoms with Crippen molar-refractivity contribution >= 4 is 40.5 Å². The minimum atomic E-state index is -0.109. The summed E-state index contributed by atoms with van der Waals surface area (Å²) < 4.78 is 0. The molecule has 2 amide bonds. The molecule has 0 aromatic heterocycles. The minimum absolute atomic E-state index is 0.0756. The Bertz CT molecular complexity index is 758. The van der Waals surface area contributed by atoms with E-state index in [1.54, 1.807) is 24.3 Å². The zero-order valence-electron chi connectivity index (χ0n) is 14.9. The molecule has 0 atom stereocenters. The largest absolute Gasteiger partial charge is 0.332 e. The van der Waals surface area contributed by atoms with Crippen LogP contribution in [-0.4, -0.2) is 16.9 Å². The Morgan fingerprint density at radius 1 is 0.885 bits per heavy atom. The van der Waals surface area contributed by atoms with Gasteiger partial charge in [0.25, 0.3) is 0 Å². The molecule has 0 saturated carbocycles. The average molecular weight is 369 g/mol. The van der Waals surface area contributed by atoms with Gasteiger partial charge < -0.3 is 16.0 Å². The summed E-state index contributed by atoms with van der Waals surface area (Å²) in [5.74, 6) is 0.0901. The van der Waals surface area contributed by atoms with Crippen LogP contribution in [0.1, 0.15) is 25.8 Å². The second kappa shape index (κ2) is 9.68. The molecule has 2 aromatic rings. The predicted molar refractivity (Wildman–Crippen MR) is 109 cm³/mol. The van der Waals surface area contributed by atoms with Crippen LogP contribution >= 0.6 is 12.2 Å². The summed E-state index contributed by atoms with van der Waals surface area (Å²) in [7, 11) is 0. The first kappa shape index (κ1) is 19.6. The highest BCUT2D eigenvalue weighted by molar-refractivity contribution is 7.80. The van der Waals surface area contributed by atoms with E-state index < -0.39 is 0 Å². The minimum Gasteiger partial charge on any atom is -0.332 e. The van der Waals surface area contributed by atoms with E-state index in [4.69, 9.17) is 12.2 Å². The highest BCUT2D eigenvalue weighted by Gasteiger charge is 2.08. The van der Waals surface area contributed by atoms with Gasteiger partial charge in [0, 0.05) is 17.8 Å². The third-order valence-corrected chi connectivity index (χ3v) is 3.68. The van der Waals surface area contributed by atoms with E-state index in [1.807, 2.05) is 44.2 Å². The molecule has 0 fully saturated rings. The Morgan fingerprint density at radius 2 is 1.46 bits per heavy atom. The smallest absolute Gasteiger partial charge is 0.228 e. The van der Waals surface area contributed by atoms with Gasteiger partial charge in [0.15, 0.2) is 5.11 Å². The first-order chi connectivity index (χ1) is 12.4. The lowest BCUT2D eigenvalue weighted by molar-refractivity contribution is -0.120. The lowest BCUT2D eigenvalue weighted by atomic mass is 10.1. The first-order valence-electron chi connectivity index (χ1n) is 8.47. The van der Waals surface area contributed by atoms with Gasteiger partial charge in [-0.3, -0.25) is 9.59 Å². The fourth-order valence-electron chi connectivity index (χ4n) is 2.33. The molecule has 0 unspecified atom stereocenters. The SMILES string of the molecule is CC(C)CC(=O)NC(=S)Nc1ccc(NC(=O)Cc2ccccc2)cc1. The number of hydrogen-bond acceptors (Lipinski definition) is 3. The number of rotatable bonds is 6. The molecule has 0 saturated heterocycles. The summed E-state index contributed by atoms with van der Waals surface area (Å²) in [5, 5.41) is 8.71. The molecule has 5 nitrogen and oxygen atoms in total. The molecule has 26 heavy (non-hydrogen) atoms. The molecule has 0 spiro atoms. The molecule has 0 aliphatic carbocycles. The molecule has 2 rings (SSSR count). The molecule has 0 heterocycles. The molecule has 0 radical (unpaired) electrons. The van der Waals surface area contributed by atoms with Gasteiger partial charge >= 0.3 is 0 Å². The third kappa shape index (κ3) is 7.03. The number of carbonyl (C=O) groups excluding carboxylic acids is 2. The highest BCUT2D eigenvalue weighted by Crippen LogP contribution is 2.14. The zero-order chi connectivity index (χ0) is 18.9. The van der Waals surface area contributed by atoms with E-state index in [1.165, 1.54) is 0 Å². The van der Waals surface area contributed by atoms with Crippen LogP contribution in [0, 0.1) is 5.92 Å². The van der Waals surface area contributed by atoms with Crippen molar-refractivity contribution in [1.29, 1.82) is 0 Å². The number of anilines is 2. The summed E-state index contributed by atoms with van der Waals surface area (Å²) in [6.07, 6.45) is 0.751. The second-order valence-corrected chi connectivity index (χ2v) is 6.80. The molecule has 3 N–H and O–H groups in total. The molecule has 6 heteroatoms. The fraction of sp³-hybridized carbons (Fsp3) is 0.250. The van der Waals surface area contributed by atoms with Crippen molar-refractivity contribution in [2.75, 3.05) is 10.6 Å². The number of carbonyl (C=O) groups is 2. The van der Waals surface area contributed by atoms with E-state index in [9.17, 15) is 9.59 Å². The lowest BCUT2D eigenvalue weighted by Crippen LogP contribution is -2.34. The number of thiocarbonyl (C=S) groups is 1. The molecule has 0 aliphatic rings. The number of benzene rings is 2. The van der Waals surface area contributed by atoms with Gasteiger partial charge in [0.2, 0.25) is 11.8 Å². The summed E-state index contributed by atoms with van der Waals surface area (Å²) in [6, 6.07) is 16.7. The van der Waals surface area contributed by atoms with E-state index in [0.29, 0.717) is 18.5 Å². The molecule has 0 aliphatic heterocycles. The fourth-order valence-corrected chi connectivity index (χ4v) is 2.57. The van der Waals surface area contributed by atoms with Crippen molar-refractivity contribution in [2.24, 2.45) is 5.92 Å². The maximum atomic E-state index is 12.1. The normalized spacial score (nSPS) is 10.3. The quantitative estimate of drug-likeness (QED) is 0.679. The average Bonchev–Trinajstić information content (AvgIpc) is 2.56. The van der Waals surface area contributed by atoms with Crippen LogP contribution in [0.3, 0.4) is 0 Å². The van der Waals surface area contributed by atoms with Crippen LogP contribution in [0.5, 0.6) is 0 Å². The van der Waals surface area contributed by atoms with Crippen LogP contribution < -0.4 is 16.0 Å². The van der Waals surface area contributed by atoms with Crippen LogP contribution in [0.25, 0.3) is 0 Å². The van der Waals surface area contributed by atoms with Crippen molar-refractivity contribution in [1.82, 2.24) is 5.32 Å². The molecular weight excluding hydrogens is 346 g/mol. The summed E-state index contributed by atoms with van der Waals surface area (Å²) >= 11 is 5.13. The van der Waals surface area contributed by atoms with Gasteiger partial charge in [0.05, 0.1) is 6.42 Å². The Balaban J connectivity index is 1.83. The highest BCUT2D eigenvalue weighted by atomic mass is 32.1. The van der Waals surface area contributed by atoms with Crippen molar-refractivity contribution in [3.8, 4) is 0 Å². The molecule has 0 bridgehead atoms. The third-order valence-electron chi connectivity index (χ3n) is 3.48. The number of nitrogens with one attached hydrogen (secondary N) is 3. The van der Waals surface area contributed by atoms with Crippen molar-refractivity contribution in [2.45, 2.75) is 26.7 Å². The van der Waals surface area contributed by atoms with E-state index in [2.05, 4.69) is 16.0 Å². The Hall–Kier alpha value is -2.73. The van der Waals surface area contributed by atoms with Gasteiger partial charge in [-0.25, -0.2) is 0 Å².